The summed E-state index contributed by atoms with van der Waals surface area (Å²) in [5.74, 6) is -2.17. The van der Waals surface area contributed by atoms with E-state index < -0.39 is 40.5 Å². The summed E-state index contributed by atoms with van der Waals surface area (Å²) in [7, 11) is -3.72. The van der Waals surface area contributed by atoms with Gasteiger partial charge in [-0.2, -0.15) is 0 Å². The standard InChI is InChI=1S/C17H15N3O6S2/c1-10(18-15-11-5-2-3-7-13(11)28(24,25)20-15)17(23)26-9-14(21)19-16(22)12-6-4-8-27-12/h2-8,10H,9H2,1H3,(H,18,20)(H,19,21,22)/t10-/m0/s1. The molecule has 9 nitrogen and oxygen atoms in total. The van der Waals surface area contributed by atoms with Crippen LogP contribution in [0.2, 0.25) is 0 Å². The highest BCUT2D eigenvalue weighted by Crippen LogP contribution is 2.22. The highest BCUT2D eigenvalue weighted by atomic mass is 32.2. The maximum absolute atomic E-state index is 12.1. The van der Waals surface area contributed by atoms with E-state index in [1.165, 1.54) is 24.3 Å². The molecule has 3 rings (SSSR count). The minimum absolute atomic E-state index is 0.0253. The molecule has 1 aliphatic heterocycles. The molecule has 0 fully saturated rings. The lowest BCUT2D eigenvalue weighted by Gasteiger charge is -2.09. The summed E-state index contributed by atoms with van der Waals surface area (Å²) < 4.78 is 31.2. The smallest absolute Gasteiger partial charge is 0.331 e. The van der Waals surface area contributed by atoms with Crippen LogP contribution in [0.25, 0.3) is 0 Å². The summed E-state index contributed by atoms with van der Waals surface area (Å²) in [5, 5.41) is 3.79. The van der Waals surface area contributed by atoms with Gasteiger partial charge in [-0.3, -0.25) is 24.6 Å². The number of sulfonamides is 1. The number of carbonyl (C=O) groups is 3. The Kier molecular flexibility index (Phi) is 5.56. The van der Waals surface area contributed by atoms with Gasteiger partial charge in [0.1, 0.15) is 11.9 Å². The first-order valence-electron chi connectivity index (χ1n) is 8.02. The molecule has 1 atom stereocenters. The molecule has 2 amide bonds. The third-order valence-electron chi connectivity index (χ3n) is 3.67. The van der Waals surface area contributed by atoms with Crippen LogP contribution >= 0.6 is 11.3 Å². The zero-order chi connectivity index (χ0) is 20.3. The first-order valence-corrected chi connectivity index (χ1v) is 10.4. The number of esters is 1. The number of amides is 2. The first-order chi connectivity index (χ1) is 13.3. The Morgan fingerprint density at radius 1 is 1.21 bits per heavy atom. The fourth-order valence-electron chi connectivity index (χ4n) is 2.37. The summed E-state index contributed by atoms with van der Waals surface area (Å²) in [6, 6.07) is 8.37. The van der Waals surface area contributed by atoms with Crippen molar-refractivity contribution in [3.63, 3.8) is 0 Å². The molecule has 28 heavy (non-hydrogen) atoms. The second-order valence-corrected chi connectivity index (χ2v) is 8.32. The number of rotatable bonds is 5. The Morgan fingerprint density at radius 2 is 1.96 bits per heavy atom. The van der Waals surface area contributed by atoms with E-state index in [1.807, 2.05) is 0 Å². The van der Waals surface area contributed by atoms with Crippen molar-refractivity contribution < 1.29 is 27.5 Å². The van der Waals surface area contributed by atoms with Crippen LogP contribution in [0.3, 0.4) is 0 Å². The number of amidine groups is 1. The van der Waals surface area contributed by atoms with Gasteiger partial charge in [-0.05, 0) is 30.5 Å². The van der Waals surface area contributed by atoms with Gasteiger partial charge in [-0.15, -0.1) is 11.3 Å². The molecular weight excluding hydrogens is 406 g/mol. The minimum atomic E-state index is -3.72. The van der Waals surface area contributed by atoms with E-state index in [2.05, 4.69) is 15.0 Å². The van der Waals surface area contributed by atoms with Crippen molar-refractivity contribution in [3.05, 3.63) is 52.2 Å². The number of carbonyl (C=O) groups excluding carboxylic acids is 3. The lowest BCUT2D eigenvalue weighted by Crippen LogP contribution is -2.35. The highest BCUT2D eigenvalue weighted by Gasteiger charge is 2.31. The molecule has 0 unspecified atom stereocenters. The van der Waals surface area contributed by atoms with Crippen molar-refractivity contribution in [1.29, 1.82) is 0 Å². The molecule has 0 radical (unpaired) electrons. The largest absolute Gasteiger partial charge is 0.454 e. The number of imide groups is 1. The van der Waals surface area contributed by atoms with Gasteiger partial charge < -0.3 is 4.74 Å². The van der Waals surface area contributed by atoms with Gasteiger partial charge in [0.05, 0.1) is 9.77 Å². The van der Waals surface area contributed by atoms with Crippen molar-refractivity contribution in [2.24, 2.45) is 4.99 Å². The summed E-state index contributed by atoms with van der Waals surface area (Å²) in [6.07, 6.45) is 0. The zero-order valence-corrected chi connectivity index (χ0v) is 16.2. The van der Waals surface area contributed by atoms with Crippen molar-refractivity contribution in [2.45, 2.75) is 17.9 Å². The minimum Gasteiger partial charge on any atom is -0.454 e. The predicted molar refractivity (Wildman–Crippen MR) is 101 cm³/mol. The SMILES string of the molecule is C[C@H](N=C1NS(=O)(=O)c2ccccc21)C(=O)OCC(=O)NC(=O)c1cccs1. The number of ether oxygens (including phenoxy) is 1. The predicted octanol–water partition coefficient (Wildman–Crippen LogP) is 0.675. The summed E-state index contributed by atoms with van der Waals surface area (Å²) in [6.45, 7) is 0.743. The van der Waals surface area contributed by atoms with Crippen LogP contribution < -0.4 is 10.0 Å². The molecule has 1 aromatic heterocycles. The summed E-state index contributed by atoms with van der Waals surface area (Å²) in [5.41, 5.74) is 0.349. The third kappa shape index (κ3) is 4.26. The molecule has 146 valence electrons. The molecule has 0 saturated heterocycles. The number of fused-ring (bicyclic) bond motifs is 1. The number of benzene rings is 1. The number of thiophene rings is 1. The van der Waals surface area contributed by atoms with E-state index in [9.17, 15) is 22.8 Å². The zero-order valence-electron chi connectivity index (χ0n) is 14.5. The Labute approximate surface area is 164 Å². The van der Waals surface area contributed by atoms with Crippen molar-refractivity contribution in [1.82, 2.24) is 10.0 Å². The van der Waals surface area contributed by atoms with E-state index in [0.29, 0.717) is 10.4 Å². The Morgan fingerprint density at radius 3 is 2.68 bits per heavy atom. The second-order valence-electron chi connectivity index (χ2n) is 5.72. The summed E-state index contributed by atoms with van der Waals surface area (Å²) in [4.78, 5) is 40.0. The Balaban J connectivity index is 1.59. The molecule has 2 heterocycles. The maximum atomic E-state index is 12.1. The molecular formula is C17H15N3O6S2. The van der Waals surface area contributed by atoms with Crippen LogP contribution in [0, 0.1) is 0 Å². The molecule has 2 aromatic rings. The normalized spacial score (nSPS) is 16.7. The van der Waals surface area contributed by atoms with Gasteiger partial charge >= 0.3 is 5.97 Å². The molecule has 2 N–H and O–H groups in total. The molecule has 0 bridgehead atoms. The van der Waals surface area contributed by atoms with Gasteiger partial charge in [-0.25, -0.2) is 13.2 Å². The highest BCUT2D eigenvalue weighted by molar-refractivity contribution is 7.90. The van der Waals surface area contributed by atoms with Crippen molar-refractivity contribution >= 4 is 45.0 Å². The van der Waals surface area contributed by atoms with Gasteiger partial charge in [0, 0.05) is 5.56 Å². The number of hydrogen-bond donors (Lipinski definition) is 2. The molecule has 11 heteroatoms. The number of hydrogen-bond acceptors (Lipinski definition) is 8. The van der Waals surface area contributed by atoms with Crippen LogP contribution in [-0.2, 0) is 24.3 Å². The fourth-order valence-corrected chi connectivity index (χ4v) is 4.22. The molecule has 1 aliphatic rings. The lowest BCUT2D eigenvalue weighted by molar-refractivity contribution is -0.149. The second kappa shape index (κ2) is 7.90. The maximum Gasteiger partial charge on any atom is 0.331 e. The summed E-state index contributed by atoms with van der Waals surface area (Å²) >= 11 is 1.17. The number of aliphatic imine (C=N–C) groups is 1. The monoisotopic (exact) mass is 421 g/mol. The van der Waals surface area contributed by atoms with E-state index in [0.717, 1.165) is 0 Å². The lowest BCUT2D eigenvalue weighted by atomic mass is 10.2. The Bertz CT molecular complexity index is 1060. The number of nitrogens with one attached hydrogen (secondary N) is 2. The fraction of sp³-hybridized carbons (Fsp3) is 0.176. The van der Waals surface area contributed by atoms with Gasteiger partial charge in [0.2, 0.25) is 0 Å². The van der Waals surface area contributed by atoms with Gasteiger partial charge in [-0.1, -0.05) is 18.2 Å². The van der Waals surface area contributed by atoms with Crippen LogP contribution in [-0.4, -0.2) is 44.7 Å². The van der Waals surface area contributed by atoms with Crippen molar-refractivity contribution in [3.8, 4) is 0 Å². The average Bonchev–Trinajstić information content (AvgIpc) is 3.27. The topological polar surface area (TPSA) is 131 Å². The van der Waals surface area contributed by atoms with E-state index in [4.69, 9.17) is 4.74 Å². The molecule has 0 saturated carbocycles. The van der Waals surface area contributed by atoms with E-state index >= 15 is 0 Å². The van der Waals surface area contributed by atoms with Crippen LogP contribution in [0.4, 0.5) is 0 Å². The van der Waals surface area contributed by atoms with Gasteiger partial charge in [0.25, 0.3) is 21.8 Å². The van der Waals surface area contributed by atoms with Crippen molar-refractivity contribution in [2.75, 3.05) is 6.61 Å². The van der Waals surface area contributed by atoms with E-state index in [-0.39, 0.29) is 10.7 Å². The Hall–Kier alpha value is -3.05. The van der Waals surface area contributed by atoms with Crippen LogP contribution in [0.5, 0.6) is 0 Å². The van der Waals surface area contributed by atoms with Gasteiger partial charge in [0.15, 0.2) is 6.61 Å². The number of nitrogens with zero attached hydrogens (tertiary/aromatic N) is 1. The molecule has 0 aliphatic carbocycles. The van der Waals surface area contributed by atoms with Crippen LogP contribution in [0.1, 0.15) is 22.2 Å². The first kappa shape index (κ1) is 19.7. The molecule has 1 aromatic carbocycles. The molecule has 0 spiro atoms. The van der Waals surface area contributed by atoms with E-state index in [1.54, 1.807) is 35.7 Å². The quantitative estimate of drug-likeness (QED) is 0.683. The third-order valence-corrected chi connectivity index (χ3v) is 5.94. The van der Waals surface area contributed by atoms with Crippen LogP contribution in [0.15, 0.2) is 51.7 Å². The average molecular weight is 421 g/mol.